The van der Waals surface area contributed by atoms with Gasteiger partial charge in [0.25, 0.3) is 5.91 Å². The highest BCUT2D eigenvalue weighted by molar-refractivity contribution is 9.10. The number of nitrogens with zero attached hydrogens (tertiary/aromatic N) is 2. The number of nitrogens with one attached hydrogen (secondary N) is 1. The highest BCUT2D eigenvalue weighted by Gasteiger charge is 2.41. The maximum absolute atomic E-state index is 12.6. The second-order valence-corrected chi connectivity index (χ2v) is 7.77. The summed E-state index contributed by atoms with van der Waals surface area (Å²) >= 11 is 9.36. The molecule has 0 atom stereocenters. The van der Waals surface area contributed by atoms with Gasteiger partial charge in [0.05, 0.1) is 0 Å². The van der Waals surface area contributed by atoms with Gasteiger partial charge in [-0.25, -0.2) is 15.3 Å². The molecule has 0 unspecified atom stereocenters. The summed E-state index contributed by atoms with van der Waals surface area (Å²) in [6.07, 6.45) is 1.30. The van der Waals surface area contributed by atoms with Crippen LogP contribution in [0.4, 0.5) is 0 Å². The van der Waals surface area contributed by atoms with Crippen LogP contribution in [0, 0.1) is 0 Å². The number of rotatable bonds is 2. The van der Waals surface area contributed by atoms with E-state index in [1.807, 2.05) is 29.2 Å². The molecule has 0 aromatic heterocycles. The van der Waals surface area contributed by atoms with Gasteiger partial charge in [0.15, 0.2) is 11.6 Å². The number of hydroxylamine groups is 1. The lowest BCUT2D eigenvalue weighted by molar-refractivity contribution is -0.0849. The molecular formula is C19H17BrClN3O2. The van der Waals surface area contributed by atoms with Crippen molar-refractivity contribution in [2.45, 2.75) is 18.6 Å². The molecule has 2 aromatic carbocycles. The Morgan fingerprint density at radius 3 is 2.62 bits per heavy atom. The van der Waals surface area contributed by atoms with Gasteiger partial charge in [-0.1, -0.05) is 39.7 Å². The fourth-order valence-electron chi connectivity index (χ4n) is 3.20. The second kappa shape index (κ2) is 7.02. The minimum atomic E-state index is -0.603. The van der Waals surface area contributed by atoms with E-state index in [0.717, 1.165) is 15.9 Å². The van der Waals surface area contributed by atoms with Crippen molar-refractivity contribution in [3.8, 4) is 0 Å². The molecule has 2 aliphatic rings. The van der Waals surface area contributed by atoms with Gasteiger partial charge >= 0.3 is 0 Å². The monoisotopic (exact) mass is 433 g/mol. The van der Waals surface area contributed by atoms with Gasteiger partial charge in [0.2, 0.25) is 0 Å². The molecule has 2 heterocycles. The number of amides is 1. The van der Waals surface area contributed by atoms with E-state index in [2.05, 4.69) is 21.4 Å². The average Bonchev–Trinajstić information content (AvgIpc) is 3.06. The number of hydrogen-bond donors (Lipinski definition) is 1. The van der Waals surface area contributed by atoms with Crippen LogP contribution in [-0.4, -0.2) is 35.5 Å². The maximum Gasteiger partial charge on any atom is 0.253 e. The molecule has 1 spiro atoms. The average molecular weight is 435 g/mol. The van der Waals surface area contributed by atoms with Crippen LogP contribution in [0.5, 0.6) is 0 Å². The molecule has 5 nitrogen and oxygen atoms in total. The van der Waals surface area contributed by atoms with E-state index < -0.39 is 5.72 Å². The molecule has 0 saturated carbocycles. The standard InChI is InChI=1S/C19H17BrClN3O2/c20-15-3-1-2-14(12-15)17-22-19(26-23-17)8-10-24(11-9-19)18(25)13-4-6-16(21)7-5-13/h1-7,12H,8-11H2,(H,22,23). The second-order valence-electron chi connectivity index (χ2n) is 6.42. The number of likely N-dealkylation sites (tertiary alicyclic amines) is 1. The summed E-state index contributed by atoms with van der Waals surface area (Å²) in [5.41, 5.74) is 3.97. The Hall–Kier alpha value is -1.89. The van der Waals surface area contributed by atoms with Crippen molar-refractivity contribution < 1.29 is 9.63 Å². The predicted octanol–water partition coefficient (Wildman–Crippen LogP) is 4.02. The fraction of sp³-hybridized carbons (Fsp3) is 0.263. The minimum absolute atomic E-state index is 0.0127. The predicted molar refractivity (Wildman–Crippen MR) is 104 cm³/mol. The van der Waals surface area contributed by atoms with E-state index in [4.69, 9.17) is 21.4 Å². The fourth-order valence-corrected chi connectivity index (χ4v) is 3.73. The lowest BCUT2D eigenvalue weighted by Gasteiger charge is -2.35. The van der Waals surface area contributed by atoms with Crippen LogP contribution in [0.3, 0.4) is 0 Å². The highest BCUT2D eigenvalue weighted by Crippen LogP contribution is 2.32. The molecular weight excluding hydrogens is 418 g/mol. The van der Waals surface area contributed by atoms with Gasteiger partial charge < -0.3 is 4.90 Å². The maximum atomic E-state index is 12.6. The van der Waals surface area contributed by atoms with Gasteiger partial charge in [-0.05, 0) is 36.4 Å². The van der Waals surface area contributed by atoms with Gasteiger partial charge in [-0.2, -0.15) is 0 Å². The molecule has 0 radical (unpaired) electrons. The van der Waals surface area contributed by atoms with E-state index in [1.54, 1.807) is 24.3 Å². The minimum Gasteiger partial charge on any atom is -0.338 e. The zero-order valence-corrected chi connectivity index (χ0v) is 16.3. The topological polar surface area (TPSA) is 53.9 Å². The Bertz CT molecular complexity index is 861. The Morgan fingerprint density at radius 1 is 1.19 bits per heavy atom. The van der Waals surface area contributed by atoms with Crippen LogP contribution in [0.15, 0.2) is 58.0 Å². The normalized spacial score (nSPS) is 18.5. The van der Waals surface area contributed by atoms with Gasteiger partial charge in [0.1, 0.15) is 0 Å². The quantitative estimate of drug-likeness (QED) is 0.777. The van der Waals surface area contributed by atoms with Crippen molar-refractivity contribution >= 4 is 39.3 Å². The van der Waals surface area contributed by atoms with Gasteiger partial charge in [0, 0.05) is 46.6 Å². The number of benzene rings is 2. The molecule has 1 N–H and O–H groups in total. The highest BCUT2D eigenvalue weighted by atomic mass is 79.9. The smallest absolute Gasteiger partial charge is 0.253 e. The van der Waals surface area contributed by atoms with E-state index >= 15 is 0 Å². The van der Waals surface area contributed by atoms with Crippen LogP contribution in [0.2, 0.25) is 5.02 Å². The number of halogens is 2. The third kappa shape index (κ3) is 3.49. The lowest BCUT2D eigenvalue weighted by Crippen LogP contribution is -2.46. The first kappa shape index (κ1) is 17.5. The van der Waals surface area contributed by atoms with Crippen LogP contribution >= 0.6 is 27.5 Å². The molecule has 2 aromatic rings. The SMILES string of the molecule is O=C(c1ccc(Cl)cc1)N1CCC2(CC1)N=C(c1cccc(Br)c1)NO2. The van der Waals surface area contributed by atoms with Gasteiger partial charge in [-0.3, -0.25) is 4.79 Å². The number of aliphatic imine (C=N–C) groups is 1. The Kier molecular flexibility index (Phi) is 4.73. The van der Waals surface area contributed by atoms with Crippen molar-refractivity contribution in [1.82, 2.24) is 10.4 Å². The molecule has 1 saturated heterocycles. The first-order chi connectivity index (χ1) is 12.5. The lowest BCUT2D eigenvalue weighted by atomic mass is 10.00. The molecule has 7 heteroatoms. The molecule has 1 amide bonds. The van der Waals surface area contributed by atoms with Crippen molar-refractivity contribution in [1.29, 1.82) is 0 Å². The summed E-state index contributed by atoms with van der Waals surface area (Å²) in [7, 11) is 0. The van der Waals surface area contributed by atoms with Crippen LogP contribution in [0.1, 0.15) is 28.8 Å². The summed E-state index contributed by atoms with van der Waals surface area (Å²) in [6, 6.07) is 14.9. The molecule has 2 aliphatic heterocycles. The molecule has 134 valence electrons. The van der Waals surface area contributed by atoms with Crippen LogP contribution in [-0.2, 0) is 4.84 Å². The number of carbonyl (C=O) groups is 1. The van der Waals surface area contributed by atoms with E-state index in [9.17, 15) is 4.79 Å². The van der Waals surface area contributed by atoms with Crippen molar-refractivity contribution in [3.63, 3.8) is 0 Å². The molecule has 0 aliphatic carbocycles. The largest absolute Gasteiger partial charge is 0.338 e. The zero-order chi connectivity index (χ0) is 18.1. The number of carbonyl (C=O) groups excluding carboxylic acids is 1. The van der Waals surface area contributed by atoms with E-state index in [-0.39, 0.29) is 5.91 Å². The Labute approximate surface area is 165 Å². The molecule has 26 heavy (non-hydrogen) atoms. The summed E-state index contributed by atoms with van der Waals surface area (Å²) in [5.74, 6) is 0.738. The number of piperidine rings is 1. The van der Waals surface area contributed by atoms with Crippen molar-refractivity contribution in [2.75, 3.05) is 13.1 Å². The molecule has 4 rings (SSSR count). The van der Waals surface area contributed by atoms with Crippen LogP contribution < -0.4 is 5.48 Å². The van der Waals surface area contributed by atoms with E-state index in [1.165, 1.54) is 0 Å². The van der Waals surface area contributed by atoms with Crippen LogP contribution in [0.25, 0.3) is 0 Å². The van der Waals surface area contributed by atoms with Gasteiger partial charge in [-0.15, -0.1) is 0 Å². The zero-order valence-electron chi connectivity index (χ0n) is 13.9. The number of amidine groups is 1. The molecule has 1 fully saturated rings. The summed E-state index contributed by atoms with van der Waals surface area (Å²) < 4.78 is 0.990. The number of hydrogen-bond acceptors (Lipinski definition) is 4. The first-order valence-electron chi connectivity index (χ1n) is 8.39. The Balaban J connectivity index is 1.45. The van der Waals surface area contributed by atoms with Crippen molar-refractivity contribution in [3.05, 3.63) is 69.2 Å². The Morgan fingerprint density at radius 2 is 1.92 bits per heavy atom. The van der Waals surface area contributed by atoms with Crippen molar-refractivity contribution in [2.24, 2.45) is 4.99 Å². The summed E-state index contributed by atoms with van der Waals surface area (Å²) in [4.78, 5) is 25.0. The summed E-state index contributed by atoms with van der Waals surface area (Å²) in [6.45, 7) is 1.19. The first-order valence-corrected chi connectivity index (χ1v) is 9.56. The third-order valence-corrected chi connectivity index (χ3v) is 5.42. The summed E-state index contributed by atoms with van der Waals surface area (Å²) in [5, 5.41) is 0.624. The van der Waals surface area contributed by atoms with E-state index in [0.29, 0.717) is 36.5 Å². The third-order valence-electron chi connectivity index (χ3n) is 4.67. The molecule has 0 bridgehead atoms.